The molecule has 0 bridgehead atoms. The molecule has 1 amide bonds. The molecule has 7 heteroatoms. The Bertz CT molecular complexity index is 381. The van der Waals surface area contributed by atoms with Crippen LogP contribution in [-0.2, 0) is 14.3 Å². The molecule has 0 heterocycles. The molecule has 0 aliphatic heterocycles. The highest BCUT2D eigenvalue weighted by atomic mass is 16.5. The molecule has 0 atom stereocenters. The van der Waals surface area contributed by atoms with Gasteiger partial charge in [-0.05, 0) is 33.1 Å². The zero-order valence-corrected chi connectivity index (χ0v) is 13.6. The van der Waals surface area contributed by atoms with Gasteiger partial charge >= 0.3 is 5.97 Å². The Hall–Kier alpha value is -1.79. The van der Waals surface area contributed by atoms with Crippen molar-refractivity contribution in [3.05, 3.63) is 0 Å². The van der Waals surface area contributed by atoms with E-state index in [-0.39, 0.29) is 17.8 Å². The van der Waals surface area contributed by atoms with Crippen molar-refractivity contribution in [1.29, 1.82) is 0 Å². The number of rotatable bonds is 10. The molecule has 1 fully saturated rings. The fraction of sp³-hybridized carbons (Fsp3) is 0.800. The molecule has 0 saturated heterocycles. The fourth-order valence-corrected chi connectivity index (χ4v) is 1.85. The molecular weight excluding hydrogens is 284 g/mol. The average molecular weight is 312 g/mol. The number of hydrogen-bond acceptors (Lipinski definition) is 4. The maximum atomic E-state index is 11.5. The van der Waals surface area contributed by atoms with Crippen molar-refractivity contribution in [2.24, 2.45) is 10.9 Å². The molecule has 0 spiro atoms. The minimum absolute atomic E-state index is 0.151. The summed E-state index contributed by atoms with van der Waals surface area (Å²) in [5.41, 5.74) is 0. The van der Waals surface area contributed by atoms with Crippen LogP contribution < -0.4 is 16.0 Å². The first kappa shape index (κ1) is 18.3. The molecule has 0 aromatic carbocycles. The number of nitrogens with zero attached hydrogens (tertiary/aromatic N) is 1. The topological polar surface area (TPSA) is 91.8 Å². The Morgan fingerprint density at radius 3 is 2.50 bits per heavy atom. The van der Waals surface area contributed by atoms with E-state index in [0.717, 1.165) is 19.4 Å². The van der Waals surface area contributed by atoms with Gasteiger partial charge in [0.15, 0.2) is 5.96 Å². The van der Waals surface area contributed by atoms with Gasteiger partial charge in [-0.25, -0.2) is 0 Å². The van der Waals surface area contributed by atoms with Crippen LogP contribution in [0.5, 0.6) is 0 Å². The second kappa shape index (κ2) is 10.9. The van der Waals surface area contributed by atoms with Crippen LogP contribution in [0.2, 0.25) is 0 Å². The van der Waals surface area contributed by atoms with E-state index in [1.807, 2.05) is 6.92 Å². The van der Waals surface area contributed by atoms with Gasteiger partial charge in [-0.1, -0.05) is 0 Å². The molecule has 1 rings (SSSR count). The van der Waals surface area contributed by atoms with Crippen LogP contribution in [-0.4, -0.2) is 50.6 Å². The first-order valence-electron chi connectivity index (χ1n) is 8.12. The van der Waals surface area contributed by atoms with E-state index >= 15 is 0 Å². The van der Waals surface area contributed by atoms with E-state index in [2.05, 4.69) is 20.9 Å². The molecular formula is C15H28N4O3. The van der Waals surface area contributed by atoms with Crippen molar-refractivity contribution in [2.45, 2.75) is 39.5 Å². The van der Waals surface area contributed by atoms with Crippen molar-refractivity contribution < 1.29 is 14.3 Å². The lowest BCUT2D eigenvalue weighted by molar-refractivity contribution is -0.143. The average Bonchev–Trinajstić information content (AvgIpc) is 3.32. The fourth-order valence-electron chi connectivity index (χ4n) is 1.85. The van der Waals surface area contributed by atoms with Gasteiger partial charge in [0.25, 0.3) is 0 Å². The third-order valence-electron chi connectivity index (χ3n) is 3.12. The molecule has 126 valence electrons. The largest absolute Gasteiger partial charge is 0.466 e. The highest BCUT2D eigenvalue weighted by Gasteiger charge is 2.28. The van der Waals surface area contributed by atoms with Gasteiger partial charge < -0.3 is 20.7 Å². The second-order valence-electron chi connectivity index (χ2n) is 5.16. The van der Waals surface area contributed by atoms with Gasteiger partial charge in [0, 0.05) is 38.5 Å². The van der Waals surface area contributed by atoms with Crippen LogP contribution in [0.15, 0.2) is 4.99 Å². The molecule has 7 nitrogen and oxygen atoms in total. The molecule has 0 aromatic heterocycles. The van der Waals surface area contributed by atoms with Gasteiger partial charge in [-0.15, -0.1) is 0 Å². The van der Waals surface area contributed by atoms with E-state index in [4.69, 9.17) is 4.74 Å². The summed E-state index contributed by atoms with van der Waals surface area (Å²) in [6, 6.07) is 0. The Kier molecular flexibility index (Phi) is 9.02. The number of ether oxygens (including phenoxy) is 1. The highest BCUT2D eigenvalue weighted by molar-refractivity contribution is 5.81. The van der Waals surface area contributed by atoms with Crippen molar-refractivity contribution in [3.63, 3.8) is 0 Å². The smallest absolute Gasteiger partial charge is 0.305 e. The second-order valence-corrected chi connectivity index (χ2v) is 5.16. The van der Waals surface area contributed by atoms with Gasteiger partial charge in [0.2, 0.25) is 5.91 Å². The van der Waals surface area contributed by atoms with Crippen molar-refractivity contribution in [1.82, 2.24) is 16.0 Å². The molecule has 22 heavy (non-hydrogen) atoms. The summed E-state index contributed by atoms with van der Waals surface area (Å²) < 4.78 is 4.86. The number of carbonyl (C=O) groups excluding carboxylic acids is 2. The first-order valence-corrected chi connectivity index (χ1v) is 8.12. The Morgan fingerprint density at radius 2 is 1.86 bits per heavy atom. The number of guanidine groups is 1. The molecule has 1 aliphatic rings. The van der Waals surface area contributed by atoms with Gasteiger partial charge in [-0.3, -0.25) is 14.6 Å². The maximum Gasteiger partial charge on any atom is 0.305 e. The van der Waals surface area contributed by atoms with E-state index < -0.39 is 0 Å². The number of carbonyl (C=O) groups is 2. The van der Waals surface area contributed by atoms with Crippen LogP contribution in [0.1, 0.15) is 39.5 Å². The van der Waals surface area contributed by atoms with E-state index in [1.54, 1.807) is 6.92 Å². The molecule has 1 saturated carbocycles. The molecule has 0 unspecified atom stereocenters. The quantitative estimate of drug-likeness (QED) is 0.235. The summed E-state index contributed by atoms with van der Waals surface area (Å²) in [4.78, 5) is 27.1. The van der Waals surface area contributed by atoms with Gasteiger partial charge in [0.1, 0.15) is 0 Å². The van der Waals surface area contributed by atoms with Gasteiger partial charge in [0.05, 0.1) is 6.61 Å². The van der Waals surface area contributed by atoms with Crippen LogP contribution in [0, 0.1) is 5.92 Å². The number of hydrogen-bond donors (Lipinski definition) is 3. The third-order valence-corrected chi connectivity index (χ3v) is 3.12. The first-order chi connectivity index (χ1) is 10.7. The highest BCUT2D eigenvalue weighted by Crippen LogP contribution is 2.28. The summed E-state index contributed by atoms with van der Waals surface area (Å²) in [5, 5.41) is 9.18. The summed E-state index contributed by atoms with van der Waals surface area (Å²) in [6.45, 7) is 6.74. The normalized spacial score (nSPS) is 14.4. The predicted octanol–water partition coefficient (Wildman–Crippen LogP) is 0.411. The van der Waals surface area contributed by atoms with Crippen LogP contribution in [0.4, 0.5) is 0 Å². The predicted molar refractivity (Wildman–Crippen MR) is 85.6 cm³/mol. The zero-order chi connectivity index (χ0) is 16.2. The lowest BCUT2D eigenvalue weighted by Crippen LogP contribution is -2.41. The molecule has 0 radical (unpaired) electrons. The van der Waals surface area contributed by atoms with Crippen LogP contribution >= 0.6 is 0 Å². The van der Waals surface area contributed by atoms with Crippen LogP contribution in [0.3, 0.4) is 0 Å². The monoisotopic (exact) mass is 312 g/mol. The van der Waals surface area contributed by atoms with Crippen molar-refractivity contribution >= 4 is 17.8 Å². The molecule has 0 aromatic rings. The molecule has 1 aliphatic carbocycles. The summed E-state index contributed by atoms with van der Waals surface area (Å²) >= 11 is 0. The SMILES string of the molecule is CCNC(=NCCCC(=O)OCC)NCCNC(=O)C1CC1. The van der Waals surface area contributed by atoms with Crippen molar-refractivity contribution in [2.75, 3.05) is 32.8 Å². The van der Waals surface area contributed by atoms with E-state index in [0.29, 0.717) is 45.0 Å². The summed E-state index contributed by atoms with van der Waals surface area (Å²) in [6.07, 6.45) is 3.08. The Balaban J connectivity index is 2.14. The van der Waals surface area contributed by atoms with E-state index in [9.17, 15) is 9.59 Å². The Labute approximate surface area is 132 Å². The lowest BCUT2D eigenvalue weighted by atomic mass is 10.3. The number of amides is 1. The van der Waals surface area contributed by atoms with Crippen molar-refractivity contribution in [3.8, 4) is 0 Å². The van der Waals surface area contributed by atoms with Crippen LogP contribution in [0.25, 0.3) is 0 Å². The molecule has 3 N–H and O–H groups in total. The number of aliphatic imine (C=N–C) groups is 1. The lowest BCUT2D eigenvalue weighted by Gasteiger charge is -2.11. The minimum Gasteiger partial charge on any atom is -0.466 e. The number of nitrogens with one attached hydrogen (secondary N) is 3. The number of esters is 1. The Morgan fingerprint density at radius 1 is 1.14 bits per heavy atom. The third kappa shape index (κ3) is 8.49. The summed E-state index contributed by atoms with van der Waals surface area (Å²) in [7, 11) is 0. The summed E-state index contributed by atoms with van der Waals surface area (Å²) in [5.74, 6) is 0.911. The maximum absolute atomic E-state index is 11.5. The van der Waals surface area contributed by atoms with Gasteiger partial charge in [-0.2, -0.15) is 0 Å². The zero-order valence-electron chi connectivity index (χ0n) is 13.6. The standard InChI is InChI=1S/C15H28N4O3/c1-3-16-15(18-9-5-6-13(20)22-4-2)19-11-10-17-14(21)12-7-8-12/h12H,3-11H2,1-2H3,(H,17,21)(H2,16,18,19). The van der Waals surface area contributed by atoms with E-state index in [1.165, 1.54) is 0 Å². The minimum atomic E-state index is -0.182.